The van der Waals surface area contributed by atoms with E-state index in [2.05, 4.69) is 0 Å². The van der Waals surface area contributed by atoms with Gasteiger partial charge in [-0.05, 0) is 62.4 Å². The Kier molecular flexibility index (Phi) is 5.61. The quantitative estimate of drug-likeness (QED) is 0.617. The van der Waals surface area contributed by atoms with Gasteiger partial charge in [-0.1, -0.05) is 0 Å². The smallest absolute Gasteiger partial charge is 0.361 e. The molecule has 0 saturated heterocycles. The first-order valence-electron chi connectivity index (χ1n) is 7.10. The SMILES string of the molecule is CCOP(=O)(OCC)c1ccc(Oc2ccc(N)cc2)cc1. The average molecular weight is 321 g/mol. The standard InChI is InChI=1S/C16H20NO4P/c1-3-19-22(18,20-4-2)16-11-9-15(10-12-16)21-14-7-5-13(17)6-8-14/h5-12H,3-4,17H2,1-2H3. The lowest BCUT2D eigenvalue weighted by molar-refractivity contribution is 0.230. The lowest BCUT2D eigenvalue weighted by Gasteiger charge is -2.17. The van der Waals surface area contributed by atoms with Gasteiger partial charge in [-0.3, -0.25) is 4.57 Å². The molecule has 0 heterocycles. The van der Waals surface area contributed by atoms with Gasteiger partial charge in [0, 0.05) is 5.69 Å². The van der Waals surface area contributed by atoms with Crippen molar-refractivity contribution in [2.75, 3.05) is 18.9 Å². The minimum absolute atomic E-state index is 0.320. The molecule has 2 aromatic carbocycles. The maximum atomic E-state index is 12.6. The van der Waals surface area contributed by atoms with Crippen molar-refractivity contribution in [1.82, 2.24) is 0 Å². The largest absolute Gasteiger partial charge is 0.457 e. The van der Waals surface area contributed by atoms with Crippen LogP contribution in [0.25, 0.3) is 0 Å². The van der Waals surface area contributed by atoms with Gasteiger partial charge in [0.1, 0.15) is 11.5 Å². The van der Waals surface area contributed by atoms with E-state index >= 15 is 0 Å². The zero-order valence-electron chi connectivity index (χ0n) is 12.7. The predicted octanol–water partition coefficient (Wildman–Crippen LogP) is 3.95. The van der Waals surface area contributed by atoms with Gasteiger partial charge >= 0.3 is 7.60 Å². The highest BCUT2D eigenvalue weighted by Gasteiger charge is 2.26. The van der Waals surface area contributed by atoms with Crippen LogP contribution in [0.5, 0.6) is 11.5 Å². The van der Waals surface area contributed by atoms with E-state index in [9.17, 15) is 4.57 Å². The monoisotopic (exact) mass is 321 g/mol. The number of rotatable bonds is 7. The molecule has 0 saturated carbocycles. The molecule has 2 N–H and O–H groups in total. The number of nitrogens with two attached hydrogens (primary N) is 1. The van der Waals surface area contributed by atoms with E-state index in [1.54, 1.807) is 62.4 Å². The second-order valence-electron chi connectivity index (χ2n) is 4.50. The highest BCUT2D eigenvalue weighted by atomic mass is 31.2. The number of ether oxygens (including phenoxy) is 1. The summed E-state index contributed by atoms with van der Waals surface area (Å²) >= 11 is 0. The van der Waals surface area contributed by atoms with Crippen molar-refractivity contribution < 1.29 is 18.3 Å². The molecular formula is C16H20NO4P. The Hall–Kier alpha value is -1.81. The second-order valence-corrected chi connectivity index (χ2v) is 6.53. The molecule has 6 heteroatoms. The maximum absolute atomic E-state index is 12.6. The molecule has 22 heavy (non-hydrogen) atoms. The molecule has 0 aliphatic rings. The van der Waals surface area contributed by atoms with E-state index in [0.717, 1.165) is 0 Å². The zero-order chi connectivity index (χ0) is 16.0. The number of hydrogen-bond acceptors (Lipinski definition) is 5. The number of nitrogen functional groups attached to an aromatic ring is 1. The van der Waals surface area contributed by atoms with E-state index in [-0.39, 0.29) is 0 Å². The molecule has 0 aromatic heterocycles. The Morgan fingerprint density at radius 3 is 1.77 bits per heavy atom. The van der Waals surface area contributed by atoms with Crippen LogP contribution in [0.15, 0.2) is 48.5 Å². The van der Waals surface area contributed by atoms with Gasteiger partial charge < -0.3 is 19.5 Å². The third-order valence-electron chi connectivity index (χ3n) is 2.87. The highest BCUT2D eigenvalue weighted by Crippen LogP contribution is 2.46. The highest BCUT2D eigenvalue weighted by molar-refractivity contribution is 7.62. The van der Waals surface area contributed by atoms with Gasteiger partial charge in [0.05, 0.1) is 18.5 Å². The van der Waals surface area contributed by atoms with Crippen molar-refractivity contribution in [2.45, 2.75) is 13.8 Å². The maximum Gasteiger partial charge on any atom is 0.361 e. The molecule has 0 atom stereocenters. The fourth-order valence-electron chi connectivity index (χ4n) is 1.89. The fourth-order valence-corrected chi connectivity index (χ4v) is 3.46. The Morgan fingerprint density at radius 2 is 1.32 bits per heavy atom. The lowest BCUT2D eigenvalue weighted by Crippen LogP contribution is -2.10. The summed E-state index contributed by atoms with van der Waals surface area (Å²) in [6.07, 6.45) is 0. The lowest BCUT2D eigenvalue weighted by atomic mass is 10.3. The van der Waals surface area contributed by atoms with Crippen LogP contribution in [0, 0.1) is 0 Å². The van der Waals surface area contributed by atoms with E-state index in [4.69, 9.17) is 19.5 Å². The van der Waals surface area contributed by atoms with E-state index in [0.29, 0.717) is 35.7 Å². The van der Waals surface area contributed by atoms with Crippen LogP contribution in [0.2, 0.25) is 0 Å². The van der Waals surface area contributed by atoms with Gasteiger partial charge in [0.2, 0.25) is 0 Å². The van der Waals surface area contributed by atoms with Gasteiger partial charge in [-0.25, -0.2) is 0 Å². The van der Waals surface area contributed by atoms with Crippen molar-refractivity contribution in [2.24, 2.45) is 0 Å². The summed E-state index contributed by atoms with van der Waals surface area (Å²) in [7, 11) is -3.25. The Bertz CT molecular complexity index is 630. The van der Waals surface area contributed by atoms with Crippen LogP contribution < -0.4 is 15.8 Å². The summed E-state index contributed by atoms with van der Waals surface area (Å²) in [6.45, 7) is 4.20. The van der Waals surface area contributed by atoms with Gasteiger partial charge in [0.15, 0.2) is 0 Å². The second kappa shape index (κ2) is 7.45. The summed E-state index contributed by atoms with van der Waals surface area (Å²) in [5.41, 5.74) is 6.31. The Labute approximate surface area is 130 Å². The molecule has 0 aliphatic heterocycles. The van der Waals surface area contributed by atoms with Crippen molar-refractivity contribution in [3.05, 3.63) is 48.5 Å². The first-order valence-corrected chi connectivity index (χ1v) is 8.65. The number of anilines is 1. The minimum atomic E-state index is -3.25. The number of hydrogen-bond donors (Lipinski definition) is 1. The molecule has 0 unspecified atom stereocenters. The zero-order valence-corrected chi connectivity index (χ0v) is 13.6. The molecule has 0 fully saturated rings. The van der Waals surface area contributed by atoms with Crippen LogP contribution in [0.1, 0.15) is 13.8 Å². The van der Waals surface area contributed by atoms with E-state index in [1.807, 2.05) is 0 Å². The van der Waals surface area contributed by atoms with Crippen LogP contribution >= 0.6 is 7.60 Å². The van der Waals surface area contributed by atoms with Crippen molar-refractivity contribution in [1.29, 1.82) is 0 Å². The topological polar surface area (TPSA) is 70.8 Å². The van der Waals surface area contributed by atoms with Crippen LogP contribution in [0.4, 0.5) is 5.69 Å². The normalized spacial score (nSPS) is 11.4. The third kappa shape index (κ3) is 4.10. The van der Waals surface area contributed by atoms with Crippen LogP contribution in [-0.4, -0.2) is 13.2 Å². The molecule has 5 nitrogen and oxygen atoms in total. The molecule has 2 aromatic rings. The average Bonchev–Trinajstić information content (AvgIpc) is 2.51. The fraction of sp³-hybridized carbons (Fsp3) is 0.250. The van der Waals surface area contributed by atoms with Crippen LogP contribution in [0.3, 0.4) is 0 Å². The van der Waals surface area contributed by atoms with Gasteiger partial charge in [0.25, 0.3) is 0 Å². The first kappa shape index (κ1) is 16.6. The number of benzene rings is 2. The summed E-state index contributed by atoms with van der Waals surface area (Å²) in [5.74, 6) is 1.31. The summed E-state index contributed by atoms with van der Waals surface area (Å²) in [6, 6.07) is 14.0. The van der Waals surface area contributed by atoms with Crippen molar-refractivity contribution >= 4 is 18.6 Å². The van der Waals surface area contributed by atoms with Crippen molar-refractivity contribution in [3.8, 4) is 11.5 Å². The minimum Gasteiger partial charge on any atom is -0.457 e. The van der Waals surface area contributed by atoms with Crippen molar-refractivity contribution in [3.63, 3.8) is 0 Å². The molecular weight excluding hydrogens is 301 g/mol. The molecule has 0 bridgehead atoms. The van der Waals surface area contributed by atoms with Gasteiger partial charge in [-0.2, -0.15) is 0 Å². The summed E-state index contributed by atoms with van der Waals surface area (Å²) < 4.78 is 28.9. The molecule has 0 radical (unpaired) electrons. The third-order valence-corrected chi connectivity index (χ3v) is 4.99. The molecule has 0 amide bonds. The molecule has 2 rings (SSSR count). The summed E-state index contributed by atoms with van der Waals surface area (Å²) in [4.78, 5) is 0. The van der Waals surface area contributed by atoms with Crippen LogP contribution in [-0.2, 0) is 13.6 Å². The van der Waals surface area contributed by atoms with Gasteiger partial charge in [-0.15, -0.1) is 0 Å². The molecule has 0 spiro atoms. The van der Waals surface area contributed by atoms with E-state index in [1.165, 1.54) is 0 Å². The summed E-state index contributed by atoms with van der Waals surface area (Å²) in [5, 5.41) is 0.515. The Morgan fingerprint density at radius 1 is 0.864 bits per heavy atom. The molecule has 0 aliphatic carbocycles. The first-order chi connectivity index (χ1) is 10.6. The predicted molar refractivity (Wildman–Crippen MR) is 87.9 cm³/mol. The Balaban J connectivity index is 2.15. The molecule has 118 valence electrons. The van der Waals surface area contributed by atoms with E-state index < -0.39 is 7.60 Å².